The molecule has 0 amide bonds. The first kappa shape index (κ1) is 15.7. The van der Waals surface area contributed by atoms with Gasteiger partial charge in [-0.25, -0.2) is 0 Å². The zero-order chi connectivity index (χ0) is 12.3. The molecule has 0 saturated carbocycles. The molecular formula is C13H20Cl2N2O. The van der Waals surface area contributed by atoms with E-state index in [9.17, 15) is 5.11 Å². The minimum Gasteiger partial charge on any atom is -0.391 e. The van der Waals surface area contributed by atoms with Crippen LogP contribution in [0.15, 0.2) is 18.2 Å². The number of β-amino-alcohol motifs (C(OH)–C–C–N with tert-alkyl or cyclic N) is 1. The molecule has 0 bridgehead atoms. The van der Waals surface area contributed by atoms with Crippen LogP contribution in [0.5, 0.6) is 0 Å². The van der Waals surface area contributed by atoms with Crippen LogP contribution in [-0.4, -0.2) is 30.8 Å². The largest absolute Gasteiger partial charge is 0.391 e. The second kappa shape index (κ2) is 7.31. The van der Waals surface area contributed by atoms with Gasteiger partial charge < -0.3 is 15.7 Å². The minimum atomic E-state index is -0.213. The molecule has 1 aromatic rings. The number of aryl methyl sites for hydroxylation is 1. The van der Waals surface area contributed by atoms with Crippen molar-refractivity contribution in [2.75, 3.05) is 19.6 Å². The average Bonchev–Trinajstić information content (AvgIpc) is 2.70. The van der Waals surface area contributed by atoms with Crippen LogP contribution in [0.25, 0.3) is 0 Å². The number of benzene rings is 1. The van der Waals surface area contributed by atoms with Crippen molar-refractivity contribution in [3.63, 3.8) is 0 Å². The average molecular weight is 291 g/mol. The Morgan fingerprint density at radius 2 is 2.22 bits per heavy atom. The number of hydrogen-bond donors (Lipinski definition) is 3. The van der Waals surface area contributed by atoms with Crippen LogP contribution < -0.4 is 10.6 Å². The summed E-state index contributed by atoms with van der Waals surface area (Å²) in [6.45, 7) is 5.29. The van der Waals surface area contributed by atoms with Crippen molar-refractivity contribution in [2.45, 2.75) is 19.6 Å². The Morgan fingerprint density at radius 3 is 2.83 bits per heavy atom. The van der Waals surface area contributed by atoms with E-state index in [1.807, 2.05) is 19.1 Å². The van der Waals surface area contributed by atoms with Gasteiger partial charge in [0.1, 0.15) is 0 Å². The first-order chi connectivity index (χ1) is 8.16. The molecule has 1 fully saturated rings. The molecule has 0 radical (unpaired) electrons. The van der Waals surface area contributed by atoms with E-state index in [1.165, 1.54) is 5.56 Å². The first-order valence-corrected chi connectivity index (χ1v) is 6.39. The van der Waals surface area contributed by atoms with E-state index in [1.54, 1.807) is 0 Å². The molecule has 1 heterocycles. The highest BCUT2D eigenvalue weighted by atomic mass is 35.5. The van der Waals surface area contributed by atoms with Gasteiger partial charge in [-0.1, -0.05) is 23.7 Å². The van der Waals surface area contributed by atoms with Crippen molar-refractivity contribution in [3.8, 4) is 0 Å². The summed E-state index contributed by atoms with van der Waals surface area (Å²) >= 11 is 5.98. The van der Waals surface area contributed by atoms with Gasteiger partial charge in [-0.05, 0) is 24.1 Å². The highest BCUT2D eigenvalue weighted by molar-refractivity contribution is 6.31. The Hall–Kier alpha value is -0.320. The van der Waals surface area contributed by atoms with E-state index in [-0.39, 0.29) is 18.5 Å². The number of aliphatic hydroxyl groups excluding tert-OH is 1. The highest BCUT2D eigenvalue weighted by Gasteiger charge is 2.23. The number of halogens is 2. The lowest BCUT2D eigenvalue weighted by molar-refractivity contribution is 0.146. The molecule has 0 aliphatic carbocycles. The van der Waals surface area contributed by atoms with Crippen molar-refractivity contribution in [3.05, 3.63) is 34.3 Å². The van der Waals surface area contributed by atoms with Gasteiger partial charge in [-0.15, -0.1) is 12.4 Å². The summed E-state index contributed by atoms with van der Waals surface area (Å²) in [4.78, 5) is 0. The Labute approximate surface area is 119 Å². The molecule has 2 unspecified atom stereocenters. The van der Waals surface area contributed by atoms with Gasteiger partial charge in [0.2, 0.25) is 0 Å². The lowest BCUT2D eigenvalue weighted by Gasteiger charge is -2.14. The number of hydrogen-bond acceptors (Lipinski definition) is 3. The number of nitrogens with one attached hydrogen (secondary N) is 2. The van der Waals surface area contributed by atoms with Crippen molar-refractivity contribution in [1.29, 1.82) is 0 Å². The molecule has 0 aromatic heterocycles. The van der Waals surface area contributed by atoms with Crippen LogP contribution in [0.3, 0.4) is 0 Å². The van der Waals surface area contributed by atoms with E-state index >= 15 is 0 Å². The number of aliphatic hydroxyl groups is 1. The summed E-state index contributed by atoms with van der Waals surface area (Å²) in [5.41, 5.74) is 2.33. The van der Waals surface area contributed by atoms with Gasteiger partial charge >= 0.3 is 0 Å². The molecule has 102 valence electrons. The molecule has 0 spiro atoms. The van der Waals surface area contributed by atoms with Crippen molar-refractivity contribution >= 4 is 24.0 Å². The van der Waals surface area contributed by atoms with Crippen LogP contribution in [0, 0.1) is 12.8 Å². The molecule has 5 heteroatoms. The molecule has 1 aliphatic rings. The van der Waals surface area contributed by atoms with E-state index in [0.29, 0.717) is 12.5 Å². The third-order valence-corrected chi connectivity index (χ3v) is 3.69. The second-order valence-electron chi connectivity index (χ2n) is 4.70. The van der Waals surface area contributed by atoms with Gasteiger partial charge in [0.15, 0.2) is 0 Å². The van der Waals surface area contributed by atoms with Crippen molar-refractivity contribution in [2.24, 2.45) is 5.92 Å². The third-order valence-electron chi connectivity index (χ3n) is 3.26. The molecule has 1 aromatic carbocycles. The number of rotatable bonds is 4. The fraction of sp³-hybridized carbons (Fsp3) is 0.538. The van der Waals surface area contributed by atoms with Gasteiger partial charge in [-0.2, -0.15) is 0 Å². The normalized spacial score (nSPS) is 22.8. The van der Waals surface area contributed by atoms with Crippen molar-refractivity contribution in [1.82, 2.24) is 10.6 Å². The molecule has 1 saturated heterocycles. The summed E-state index contributed by atoms with van der Waals surface area (Å²) in [6, 6.07) is 6.06. The summed E-state index contributed by atoms with van der Waals surface area (Å²) < 4.78 is 0. The summed E-state index contributed by atoms with van der Waals surface area (Å²) in [7, 11) is 0. The van der Waals surface area contributed by atoms with Crippen LogP contribution in [0.2, 0.25) is 5.02 Å². The summed E-state index contributed by atoms with van der Waals surface area (Å²) in [5.74, 6) is 0.323. The molecule has 3 N–H and O–H groups in total. The van der Waals surface area contributed by atoms with Crippen molar-refractivity contribution < 1.29 is 5.11 Å². The standard InChI is InChI=1S/C13H19ClN2O.ClH/c1-9-4-10(2-3-12(9)14)5-15-6-11-7-16-8-13(11)17;/h2-4,11,13,15-17H,5-8H2,1H3;1H. The topological polar surface area (TPSA) is 44.3 Å². The predicted octanol–water partition coefficient (Wildman–Crippen LogP) is 1.74. The zero-order valence-electron chi connectivity index (χ0n) is 10.4. The monoisotopic (exact) mass is 290 g/mol. The van der Waals surface area contributed by atoms with E-state index in [2.05, 4.69) is 16.7 Å². The van der Waals surface area contributed by atoms with Gasteiger partial charge in [0.25, 0.3) is 0 Å². The summed E-state index contributed by atoms with van der Waals surface area (Å²) in [6.07, 6.45) is -0.213. The Kier molecular flexibility index (Phi) is 6.39. The van der Waals surface area contributed by atoms with Gasteiger partial charge in [0, 0.05) is 37.1 Å². The summed E-state index contributed by atoms with van der Waals surface area (Å²) in [5, 5.41) is 17.0. The molecular weight excluding hydrogens is 271 g/mol. The van der Waals surface area contributed by atoms with Crippen LogP contribution in [0.1, 0.15) is 11.1 Å². The Balaban J connectivity index is 0.00000162. The van der Waals surface area contributed by atoms with Crippen LogP contribution in [-0.2, 0) is 6.54 Å². The third kappa shape index (κ3) is 4.11. The maximum atomic E-state index is 9.65. The second-order valence-corrected chi connectivity index (χ2v) is 5.11. The van der Waals surface area contributed by atoms with Gasteiger partial charge in [-0.3, -0.25) is 0 Å². The Bertz CT molecular complexity index is 387. The van der Waals surface area contributed by atoms with Crippen LogP contribution >= 0.6 is 24.0 Å². The Morgan fingerprint density at radius 1 is 1.44 bits per heavy atom. The molecule has 2 atom stereocenters. The van der Waals surface area contributed by atoms with E-state index in [4.69, 9.17) is 11.6 Å². The molecule has 2 rings (SSSR count). The van der Waals surface area contributed by atoms with E-state index in [0.717, 1.165) is 30.2 Å². The van der Waals surface area contributed by atoms with E-state index < -0.39 is 0 Å². The van der Waals surface area contributed by atoms with Crippen LogP contribution in [0.4, 0.5) is 0 Å². The SMILES string of the molecule is Cc1cc(CNCC2CNCC2O)ccc1Cl.Cl. The first-order valence-electron chi connectivity index (χ1n) is 6.01. The predicted molar refractivity (Wildman–Crippen MR) is 77.5 cm³/mol. The maximum Gasteiger partial charge on any atom is 0.0716 e. The zero-order valence-corrected chi connectivity index (χ0v) is 12.0. The van der Waals surface area contributed by atoms with Gasteiger partial charge in [0.05, 0.1) is 6.10 Å². The smallest absolute Gasteiger partial charge is 0.0716 e. The minimum absolute atomic E-state index is 0. The molecule has 3 nitrogen and oxygen atoms in total. The highest BCUT2D eigenvalue weighted by Crippen LogP contribution is 2.16. The lowest BCUT2D eigenvalue weighted by atomic mass is 10.1. The fourth-order valence-electron chi connectivity index (χ4n) is 2.15. The lowest BCUT2D eigenvalue weighted by Crippen LogP contribution is -2.30. The molecule has 1 aliphatic heterocycles. The maximum absolute atomic E-state index is 9.65. The quantitative estimate of drug-likeness (QED) is 0.792. The molecule has 18 heavy (non-hydrogen) atoms. The fourth-order valence-corrected chi connectivity index (χ4v) is 2.26.